The number of aryl methyl sites for hydroxylation is 1. The molecule has 0 spiro atoms. The van der Waals surface area contributed by atoms with Crippen LogP contribution < -0.4 is 9.47 Å². The number of imidazole rings is 1. The summed E-state index contributed by atoms with van der Waals surface area (Å²) < 4.78 is 10.7. The van der Waals surface area contributed by atoms with Gasteiger partial charge in [-0.15, -0.1) is 0 Å². The van der Waals surface area contributed by atoms with Gasteiger partial charge in [0.2, 0.25) is 0 Å². The van der Waals surface area contributed by atoms with Crippen LogP contribution in [0.25, 0.3) is 11.0 Å². The van der Waals surface area contributed by atoms with Gasteiger partial charge in [0.25, 0.3) is 0 Å². The number of hydrogen-bond donors (Lipinski definition) is 1. The van der Waals surface area contributed by atoms with Crippen molar-refractivity contribution in [2.24, 2.45) is 0 Å². The van der Waals surface area contributed by atoms with Crippen molar-refractivity contribution in [3.63, 3.8) is 0 Å². The van der Waals surface area contributed by atoms with Crippen molar-refractivity contribution in [3.05, 3.63) is 53.3 Å². The van der Waals surface area contributed by atoms with Crippen LogP contribution in [0.2, 0.25) is 0 Å². The lowest BCUT2D eigenvalue weighted by Crippen LogP contribution is -2.44. The number of rotatable bonds is 5. The van der Waals surface area contributed by atoms with Crippen LogP contribution in [0.4, 0.5) is 0 Å². The highest BCUT2D eigenvalue weighted by Crippen LogP contribution is 2.30. The van der Waals surface area contributed by atoms with Gasteiger partial charge in [-0.2, -0.15) is 0 Å². The lowest BCUT2D eigenvalue weighted by molar-refractivity contribution is 0.135. The highest BCUT2D eigenvalue weighted by atomic mass is 16.5. The van der Waals surface area contributed by atoms with Gasteiger partial charge in [0.1, 0.15) is 17.3 Å². The molecule has 2 heterocycles. The summed E-state index contributed by atoms with van der Waals surface area (Å²) in [5.74, 6) is 3.23. The van der Waals surface area contributed by atoms with Crippen molar-refractivity contribution in [3.8, 4) is 11.5 Å². The van der Waals surface area contributed by atoms with Crippen LogP contribution in [0, 0.1) is 6.92 Å². The van der Waals surface area contributed by atoms with E-state index in [0.29, 0.717) is 5.92 Å². The van der Waals surface area contributed by atoms with E-state index in [1.54, 1.807) is 14.2 Å². The number of H-pyrrole nitrogens is 1. The number of nitrogens with one attached hydrogen (secondary N) is 1. The summed E-state index contributed by atoms with van der Waals surface area (Å²) in [5.41, 5.74) is 4.64. The molecule has 130 valence electrons. The third-order valence-electron chi connectivity index (χ3n) is 4.82. The number of benzene rings is 2. The van der Waals surface area contributed by atoms with E-state index in [-0.39, 0.29) is 0 Å². The number of aromatic nitrogens is 2. The van der Waals surface area contributed by atoms with Crippen LogP contribution in [-0.2, 0) is 6.54 Å². The quantitative estimate of drug-likeness (QED) is 0.774. The Morgan fingerprint density at radius 3 is 2.48 bits per heavy atom. The van der Waals surface area contributed by atoms with E-state index in [9.17, 15) is 0 Å². The zero-order valence-electron chi connectivity index (χ0n) is 14.9. The summed E-state index contributed by atoms with van der Waals surface area (Å²) in [6, 6.07) is 12.4. The number of fused-ring (bicyclic) bond motifs is 1. The molecule has 3 aromatic rings. The molecule has 0 unspecified atom stereocenters. The van der Waals surface area contributed by atoms with Crippen molar-refractivity contribution in [1.82, 2.24) is 14.9 Å². The number of ether oxygens (including phenoxy) is 2. The first-order valence-electron chi connectivity index (χ1n) is 8.55. The van der Waals surface area contributed by atoms with Crippen LogP contribution in [0.3, 0.4) is 0 Å². The second-order valence-electron chi connectivity index (χ2n) is 6.75. The van der Waals surface area contributed by atoms with Gasteiger partial charge in [-0.3, -0.25) is 4.90 Å². The molecule has 5 nitrogen and oxygen atoms in total. The van der Waals surface area contributed by atoms with E-state index in [1.807, 2.05) is 6.07 Å². The minimum atomic E-state index is 0.472. The van der Waals surface area contributed by atoms with Crippen molar-refractivity contribution < 1.29 is 9.47 Å². The molecular formula is C20H23N3O2. The van der Waals surface area contributed by atoms with E-state index in [2.05, 4.69) is 47.1 Å². The average Bonchev–Trinajstić information content (AvgIpc) is 2.99. The first kappa shape index (κ1) is 16.0. The highest BCUT2D eigenvalue weighted by Gasteiger charge is 2.30. The standard InChI is InChI=1S/C20H23N3O2/c1-13-4-5-18-19(6-13)22-20(21-18)15-11-23(12-15)10-14-7-16(24-2)9-17(8-14)25-3/h4-9,15H,10-12H2,1-3H3,(H,21,22). The number of hydrogen-bond acceptors (Lipinski definition) is 4. The van der Waals surface area contributed by atoms with Crippen molar-refractivity contribution in [1.29, 1.82) is 0 Å². The van der Waals surface area contributed by atoms with Crippen LogP contribution in [0.5, 0.6) is 11.5 Å². The second-order valence-corrected chi connectivity index (χ2v) is 6.75. The molecule has 1 N–H and O–H groups in total. The molecule has 5 heteroatoms. The molecule has 0 bridgehead atoms. The molecule has 0 aliphatic carbocycles. The predicted octanol–water partition coefficient (Wildman–Crippen LogP) is 3.49. The van der Waals surface area contributed by atoms with Gasteiger partial charge < -0.3 is 14.5 Å². The molecule has 1 aliphatic rings. The molecule has 1 saturated heterocycles. The van der Waals surface area contributed by atoms with Gasteiger partial charge in [0.05, 0.1) is 25.3 Å². The molecule has 1 aliphatic heterocycles. The Balaban J connectivity index is 1.43. The highest BCUT2D eigenvalue weighted by molar-refractivity contribution is 5.75. The monoisotopic (exact) mass is 337 g/mol. The number of aromatic amines is 1. The fourth-order valence-corrected chi connectivity index (χ4v) is 3.42. The summed E-state index contributed by atoms with van der Waals surface area (Å²) in [7, 11) is 3.36. The summed E-state index contributed by atoms with van der Waals surface area (Å²) in [5, 5.41) is 0. The molecule has 0 atom stereocenters. The Labute approximate surface area is 147 Å². The van der Waals surface area contributed by atoms with Gasteiger partial charge in [0.15, 0.2) is 0 Å². The number of methoxy groups -OCH3 is 2. The molecule has 4 rings (SSSR count). The number of nitrogens with zero attached hydrogens (tertiary/aromatic N) is 2. The molecule has 0 amide bonds. The minimum Gasteiger partial charge on any atom is -0.497 e. The van der Waals surface area contributed by atoms with Gasteiger partial charge in [0, 0.05) is 31.6 Å². The zero-order chi connectivity index (χ0) is 17.4. The lowest BCUT2D eigenvalue weighted by Gasteiger charge is -2.38. The maximum absolute atomic E-state index is 5.35. The second kappa shape index (κ2) is 6.41. The van der Waals surface area contributed by atoms with E-state index in [1.165, 1.54) is 11.1 Å². The zero-order valence-corrected chi connectivity index (χ0v) is 14.9. The van der Waals surface area contributed by atoms with Crippen LogP contribution in [-0.4, -0.2) is 42.2 Å². The molecule has 0 radical (unpaired) electrons. The Hall–Kier alpha value is -2.53. The lowest BCUT2D eigenvalue weighted by atomic mass is 9.98. The molecule has 1 fully saturated rings. The van der Waals surface area contributed by atoms with E-state index < -0.39 is 0 Å². The smallest absolute Gasteiger partial charge is 0.122 e. The summed E-state index contributed by atoms with van der Waals surface area (Å²) in [4.78, 5) is 10.6. The van der Waals surface area contributed by atoms with E-state index in [4.69, 9.17) is 14.5 Å². The van der Waals surface area contributed by atoms with Gasteiger partial charge >= 0.3 is 0 Å². The number of likely N-dealkylation sites (tertiary alicyclic amines) is 1. The van der Waals surface area contributed by atoms with E-state index >= 15 is 0 Å². The maximum atomic E-state index is 5.35. The third-order valence-corrected chi connectivity index (χ3v) is 4.82. The van der Waals surface area contributed by atoms with Crippen LogP contribution >= 0.6 is 0 Å². The minimum absolute atomic E-state index is 0.472. The molecule has 25 heavy (non-hydrogen) atoms. The predicted molar refractivity (Wildman–Crippen MR) is 98.4 cm³/mol. The van der Waals surface area contributed by atoms with Gasteiger partial charge in [-0.05, 0) is 42.3 Å². The Kier molecular flexibility index (Phi) is 4.09. The fourth-order valence-electron chi connectivity index (χ4n) is 3.42. The topological polar surface area (TPSA) is 50.4 Å². The summed E-state index contributed by atoms with van der Waals surface area (Å²) >= 11 is 0. The van der Waals surface area contributed by atoms with Crippen LogP contribution in [0.1, 0.15) is 22.9 Å². The first-order chi connectivity index (χ1) is 12.1. The normalized spacial score (nSPS) is 15.3. The van der Waals surface area contributed by atoms with Gasteiger partial charge in [-0.1, -0.05) is 6.07 Å². The summed E-state index contributed by atoms with van der Waals surface area (Å²) in [6.45, 7) is 5.02. The van der Waals surface area contributed by atoms with Crippen LogP contribution in [0.15, 0.2) is 36.4 Å². The maximum Gasteiger partial charge on any atom is 0.122 e. The SMILES string of the molecule is COc1cc(CN2CC(c3nc4ccc(C)cc4[nH]3)C2)cc(OC)c1. The fraction of sp³-hybridized carbons (Fsp3) is 0.350. The largest absolute Gasteiger partial charge is 0.497 e. The summed E-state index contributed by atoms with van der Waals surface area (Å²) in [6.07, 6.45) is 0. The molecule has 0 saturated carbocycles. The third kappa shape index (κ3) is 3.20. The van der Waals surface area contributed by atoms with E-state index in [0.717, 1.165) is 48.0 Å². The molecule has 1 aromatic heterocycles. The average molecular weight is 337 g/mol. The Morgan fingerprint density at radius 2 is 1.80 bits per heavy atom. The Morgan fingerprint density at radius 1 is 1.08 bits per heavy atom. The van der Waals surface area contributed by atoms with Crippen molar-refractivity contribution in [2.45, 2.75) is 19.4 Å². The van der Waals surface area contributed by atoms with Gasteiger partial charge in [-0.25, -0.2) is 4.98 Å². The Bertz CT molecular complexity index is 875. The van der Waals surface area contributed by atoms with Crippen molar-refractivity contribution in [2.75, 3.05) is 27.3 Å². The molecular weight excluding hydrogens is 314 g/mol. The molecule has 2 aromatic carbocycles. The first-order valence-corrected chi connectivity index (χ1v) is 8.55. The van der Waals surface area contributed by atoms with Crippen molar-refractivity contribution >= 4 is 11.0 Å².